The highest BCUT2D eigenvalue weighted by molar-refractivity contribution is 9.10. The van der Waals surface area contributed by atoms with Gasteiger partial charge in [-0.15, -0.1) is 0 Å². The summed E-state index contributed by atoms with van der Waals surface area (Å²) in [6, 6.07) is 14.3. The summed E-state index contributed by atoms with van der Waals surface area (Å²) in [7, 11) is 0. The molecule has 3 N–H and O–H groups in total. The van der Waals surface area contributed by atoms with E-state index in [2.05, 4.69) is 26.6 Å². The third kappa shape index (κ3) is 7.32. The second-order valence-corrected chi connectivity index (χ2v) is 7.12. The Morgan fingerprint density at radius 1 is 1.00 bits per heavy atom. The normalized spacial score (nSPS) is 12.5. The Morgan fingerprint density at radius 3 is 2.24 bits per heavy atom. The molecule has 8 heteroatoms. The summed E-state index contributed by atoms with van der Waals surface area (Å²) >= 11 is 3.31. The second kappa shape index (κ2) is 11.3. The lowest BCUT2D eigenvalue weighted by molar-refractivity contribution is -0.151. The molecule has 2 atom stereocenters. The van der Waals surface area contributed by atoms with Crippen molar-refractivity contribution in [2.45, 2.75) is 31.9 Å². The average Bonchev–Trinajstić information content (AvgIpc) is 2.72. The highest BCUT2D eigenvalue weighted by Gasteiger charge is 2.31. The highest BCUT2D eigenvalue weighted by Crippen LogP contribution is 2.18. The van der Waals surface area contributed by atoms with Crippen molar-refractivity contribution in [3.8, 4) is 0 Å². The number of esters is 1. The lowest BCUT2D eigenvalue weighted by Gasteiger charge is -2.22. The van der Waals surface area contributed by atoms with Crippen LogP contribution in [0.3, 0.4) is 0 Å². The Morgan fingerprint density at radius 2 is 1.62 bits per heavy atom. The van der Waals surface area contributed by atoms with Gasteiger partial charge in [0, 0.05) is 23.0 Å². The largest absolute Gasteiger partial charge is 0.464 e. The van der Waals surface area contributed by atoms with Crippen molar-refractivity contribution < 1.29 is 24.2 Å². The summed E-state index contributed by atoms with van der Waals surface area (Å²) in [6.45, 7) is 1.75. The Kier molecular flexibility index (Phi) is 8.82. The maximum absolute atomic E-state index is 12.3. The molecule has 0 aromatic heterocycles. The first-order valence-electron chi connectivity index (χ1n) is 9.15. The number of anilines is 1. The molecular weight excluding hydrogens is 440 g/mol. The predicted octanol–water partition coefficient (Wildman–Crippen LogP) is 2.95. The van der Waals surface area contributed by atoms with Gasteiger partial charge in [0.1, 0.15) is 6.10 Å². The van der Waals surface area contributed by atoms with Crippen molar-refractivity contribution in [2.75, 3.05) is 11.9 Å². The van der Waals surface area contributed by atoms with E-state index < -0.39 is 24.0 Å². The number of amides is 2. The summed E-state index contributed by atoms with van der Waals surface area (Å²) in [5.41, 5.74) is 1.08. The zero-order valence-electron chi connectivity index (χ0n) is 15.9. The maximum atomic E-state index is 12.3. The van der Waals surface area contributed by atoms with E-state index in [1.807, 2.05) is 0 Å². The number of nitrogens with one attached hydrogen (secondary N) is 2. The molecule has 2 rings (SSSR count). The number of aliphatic hydroxyl groups is 1. The lowest BCUT2D eigenvalue weighted by Crippen LogP contribution is -2.46. The number of hydrogen-bond acceptors (Lipinski definition) is 5. The predicted molar refractivity (Wildman–Crippen MR) is 112 cm³/mol. The number of halogens is 1. The van der Waals surface area contributed by atoms with Gasteiger partial charge >= 0.3 is 5.97 Å². The van der Waals surface area contributed by atoms with Gasteiger partial charge in [-0.1, -0.05) is 46.3 Å². The average molecular weight is 463 g/mol. The molecule has 0 saturated heterocycles. The fourth-order valence-corrected chi connectivity index (χ4v) is 2.84. The van der Waals surface area contributed by atoms with Crippen molar-refractivity contribution >= 4 is 39.4 Å². The summed E-state index contributed by atoms with van der Waals surface area (Å²) in [4.78, 5) is 36.5. The van der Waals surface area contributed by atoms with Crippen LogP contribution >= 0.6 is 15.9 Å². The number of benzene rings is 2. The summed E-state index contributed by atoms with van der Waals surface area (Å²) in [5, 5.41) is 15.7. The van der Waals surface area contributed by atoms with Crippen LogP contribution in [-0.4, -0.2) is 35.5 Å². The SMILES string of the molecule is CCOC(=O)[C@H](NC(=O)CCC(=O)Nc1ccc(Br)cc1)[C@@H](O)c1ccccc1. The van der Waals surface area contributed by atoms with Crippen LogP contribution in [0.5, 0.6) is 0 Å². The van der Waals surface area contributed by atoms with Gasteiger partial charge in [0.25, 0.3) is 0 Å². The minimum absolute atomic E-state index is 0.0706. The smallest absolute Gasteiger partial charge is 0.331 e. The minimum Gasteiger partial charge on any atom is -0.464 e. The third-order valence-electron chi connectivity index (χ3n) is 4.02. The molecule has 2 aromatic rings. The topological polar surface area (TPSA) is 105 Å². The van der Waals surface area contributed by atoms with Crippen molar-refractivity contribution in [3.63, 3.8) is 0 Å². The first-order chi connectivity index (χ1) is 13.9. The van der Waals surface area contributed by atoms with Gasteiger partial charge in [-0.3, -0.25) is 9.59 Å². The molecule has 29 heavy (non-hydrogen) atoms. The molecule has 0 aliphatic carbocycles. The molecule has 0 bridgehead atoms. The molecule has 0 radical (unpaired) electrons. The van der Waals surface area contributed by atoms with E-state index in [1.54, 1.807) is 61.5 Å². The number of carbonyl (C=O) groups is 3. The molecule has 2 amide bonds. The fraction of sp³-hybridized carbons (Fsp3) is 0.286. The van der Waals surface area contributed by atoms with Gasteiger partial charge in [0.05, 0.1) is 6.61 Å². The third-order valence-corrected chi connectivity index (χ3v) is 4.55. The summed E-state index contributed by atoms with van der Waals surface area (Å²) < 4.78 is 5.85. The van der Waals surface area contributed by atoms with Gasteiger partial charge in [0.2, 0.25) is 11.8 Å². The standard InChI is InChI=1S/C21H23BrN2O5/c1-2-29-21(28)19(20(27)14-6-4-3-5-7-14)24-18(26)13-12-17(25)23-16-10-8-15(22)9-11-16/h3-11,19-20,27H,2,12-13H2,1H3,(H,23,25)(H,24,26)/t19-,20+/m1/s1. The highest BCUT2D eigenvalue weighted by atomic mass is 79.9. The van der Waals surface area contributed by atoms with Crippen LogP contribution in [0.15, 0.2) is 59.1 Å². The quantitative estimate of drug-likeness (QED) is 0.496. The molecule has 0 fully saturated rings. The van der Waals surface area contributed by atoms with E-state index in [-0.39, 0.29) is 25.4 Å². The van der Waals surface area contributed by atoms with Crippen LogP contribution in [0.4, 0.5) is 5.69 Å². The van der Waals surface area contributed by atoms with E-state index in [1.165, 1.54) is 0 Å². The number of rotatable bonds is 9. The Labute approximate surface area is 177 Å². The van der Waals surface area contributed by atoms with Crippen LogP contribution in [-0.2, 0) is 19.1 Å². The van der Waals surface area contributed by atoms with Crippen molar-refractivity contribution in [1.82, 2.24) is 5.32 Å². The first kappa shape index (κ1) is 22.6. The molecule has 0 spiro atoms. The molecule has 0 aliphatic rings. The van der Waals surface area contributed by atoms with Crippen LogP contribution in [0, 0.1) is 0 Å². The van der Waals surface area contributed by atoms with Gasteiger partial charge < -0.3 is 20.5 Å². The van der Waals surface area contributed by atoms with Crippen LogP contribution in [0.2, 0.25) is 0 Å². The zero-order chi connectivity index (χ0) is 21.2. The second-order valence-electron chi connectivity index (χ2n) is 6.21. The van der Waals surface area contributed by atoms with Crippen molar-refractivity contribution in [2.24, 2.45) is 0 Å². The van der Waals surface area contributed by atoms with Crippen molar-refractivity contribution in [3.05, 3.63) is 64.6 Å². The minimum atomic E-state index is -1.27. The van der Waals surface area contributed by atoms with Gasteiger partial charge in [-0.2, -0.15) is 0 Å². The molecule has 0 heterocycles. The molecule has 0 saturated carbocycles. The van der Waals surface area contributed by atoms with Crippen LogP contribution in [0.1, 0.15) is 31.4 Å². The Balaban J connectivity index is 1.93. The molecular formula is C21H23BrN2O5. The van der Waals surface area contributed by atoms with E-state index in [9.17, 15) is 19.5 Å². The molecule has 0 aliphatic heterocycles. The van der Waals surface area contributed by atoms with E-state index in [0.29, 0.717) is 11.3 Å². The fourth-order valence-electron chi connectivity index (χ4n) is 2.57. The van der Waals surface area contributed by atoms with Gasteiger partial charge in [0.15, 0.2) is 6.04 Å². The van der Waals surface area contributed by atoms with Crippen LogP contribution < -0.4 is 10.6 Å². The van der Waals surface area contributed by atoms with Crippen LogP contribution in [0.25, 0.3) is 0 Å². The molecule has 154 valence electrons. The monoisotopic (exact) mass is 462 g/mol. The Bertz CT molecular complexity index is 827. The number of ether oxygens (including phenoxy) is 1. The first-order valence-corrected chi connectivity index (χ1v) is 9.94. The lowest BCUT2D eigenvalue weighted by atomic mass is 10.0. The van der Waals surface area contributed by atoms with E-state index in [0.717, 1.165) is 4.47 Å². The van der Waals surface area contributed by atoms with E-state index >= 15 is 0 Å². The molecule has 2 aromatic carbocycles. The Hall–Kier alpha value is -2.71. The molecule has 0 unspecified atom stereocenters. The number of aliphatic hydroxyl groups excluding tert-OH is 1. The number of carbonyl (C=O) groups excluding carboxylic acids is 3. The maximum Gasteiger partial charge on any atom is 0.331 e. The number of hydrogen-bond donors (Lipinski definition) is 3. The van der Waals surface area contributed by atoms with E-state index in [4.69, 9.17) is 4.74 Å². The summed E-state index contributed by atoms with van der Waals surface area (Å²) in [6.07, 6.45) is -1.48. The summed E-state index contributed by atoms with van der Waals surface area (Å²) in [5.74, 6) is -1.61. The van der Waals surface area contributed by atoms with Crippen molar-refractivity contribution in [1.29, 1.82) is 0 Å². The molecule has 7 nitrogen and oxygen atoms in total. The van der Waals surface area contributed by atoms with Gasteiger partial charge in [-0.05, 0) is 36.8 Å². The zero-order valence-corrected chi connectivity index (χ0v) is 17.5. The van der Waals surface area contributed by atoms with Gasteiger partial charge in [-0.25, -0.2) is 4.79 Å².